The smallest absolute Gasteiger partial charge is 0.225 e. The molecular weight excluding hydrogens is 306 g/mol. The average molecular weight is 346 g/mol. The van der Waals surface area contributed by atoms with Crippen LogP contribution in [0.5, 0.6) is 0 Å². The monoisotopic (exact) mass is 345 g/mol. The van der Waals surface area contributed by atoms with Gasteiger partial charge in [-0.1, -0.05) is 41.5 Å². The molecule has 0 rings (SSSR count). The van der Waals surface area contributed by atoms with Crippen LogP contribution in [0.25, 0.3) is 0 Å². The predicted molar refractivity (Wildman–Crippen MR) is 98.0 cm³/mol. The second-order valence-corrected chi connectivity index (χ2v) is 8.82. The van der Waals surface area contributed by atoms with E-state index in [2.05, 4.69) is 46.9 Å². The third-order valence-corrected chi connectivity index (χ3v) is 3.58. The molecule has 2 N–H and O–H groups in total. The van der Waals surface area contributed by atoms with E-state index in [0.29, 0.717) is 38.2 Å². The largest absolute Gasteiger partial charge is 0.396 e. The summed E-state index contributed by atoms with van der Waals surface area (Å²) in [5.74, 6) is -0.453. The van der Waals surface area contributed by atoms with Crippen molar-refractivity contribution in [1.82, 2.24) is 5.32 Å². The maximum atomic E-state index is 12.0. The van der Waals surface area contributed by atoms with Gasteiger partial charge in [0, 0.05) is 13.2 Å². The average Bonchev–Trinajstić information content (AvgIpc) is 2.44. The number of aliphatic hydroxyl groups is 1. The maximum Gasteiger partial charge on any atom is 0.225 e. The zero-order valence-electron chi connectivity index (χ0n) is 16.6. The summed E-state index contributed by atoms with van der Waals surface area (Å²) in [5.41, 5.74) is 0.378. The first-order valence-corrected chi connectivity index (χ1v) is 9.09. The van der Waals surface area contributed by atoms with Gasteiger partial charge in [0.2, 0.25) is 5.91 Å². The van der Waals surface area contributed by atoms with Crippen LogP contribution in [0.4, 0.5) is 0 Å². The molecule has 0 radical (unpaired) electrons. The summed E-state index contributed by atoms with van der Waals surface area (Å²) in [5, 5.41) is 12.2. The van der Waals surface area contributed by atoms with E-state index in [4.69, 9.17) is 9.47 Å². The molecule has 1 amide bonds. The fourth-order valence-corrected chi connectivity index (χ4v) is 2.40. The molecule has 0 unspecified atom stereocenters. The van der Waals surface area contributed by atoms with E-state index < -0.39 is 0 Å². The highest BCUT2D eigenvalue weighted by Gasteiger charge is 2.23. The summed E-state index contributed by atoms with van der Waals surface area (Å²) in [7, 11) is 0. The zero-order valence-corrected chi connectivity index (χ0v) is 16.6. The van der Waals surface area contributed by atoms with Crippen molar-refractivity contribution in [3.8, 4) is 0 Å². The molecule has 0 saturated carbocycles. The number of hydrogen-bond donors (Lipinski definition) is 2. The summed E-state index contributed by atoms with van der Waals surface area (Å²) >= 11 is 0. The van der Waals surface area contributed by atoms with E-state index in [1.807, 2.05) is 0 Å². The lowest BCUT2D eigenvalue weighted by Gasteiger charge is -2.23. The Balaban J connectivity index is 3.57. The Labute approximate surface area is 148 Å². The molecule has 0 aromatic rings. The Morgan fingerprint density at radius 3 is 2.04 bits per heavy atom. The summed E-state index contributed by atoms with van der Waals surface area (Å²) in [6.45, 7) is 15.6. The lowest BCUT2D eigenvalue weighted by Crippen LogP contribution is -2.36. The number of aliphatic hydroxyl groups excluding tert-OH is 1. The van der Waals surface area contributed by atoms with Crippen LogP contribution in [-0.2, 0) is 14.3 Å². The highest BCUT2D eigenvalue weighted by atomic mass is 16.5. The fraction of sp³-hybridized carbons (Fsp3) is 0.947. The van der Waals surface area contributed by atoms with Crippen LogP contribution < -0.4 is 5.32 Å². The molecule has 0 heterocycles. The summed E-state index contributed by atoms with van der Waals surface area (Å²) in [6, 6.07) is 0. The van der Waals surface area contributed by atoms with Gasteiger partial charge in [0.15, 0.2) is 0 Å². The molecule has 0 spiro atoms. The van der Waals surface area contributed by atoms with Gasteiger partial charge >= 0.3 is 0 Å². The minimum absolute atomic E-state index is 0.0194. The Kier molecular flexibility index (Phi) is 11.5. The maximum absolute atomic E-state index is 12.0. The van der Waals surface area contributed by atoms with Crippen LogP contribution in [0.2, 0.25) is 0 Å². The van der Waals surface area contributed by atoms with E-state index in [1.54, 1.807) is 0 Å². The molecule has 0 bridgehead atoms. The SMILES string of the molecule is CC(C)(C)CCCOCCOCCNC(=O)[C@H](CO)CC(C)(C)C. The first kappa shape index (κ1) is 23.4. The van der Waals surface area contributed by atoms with Crippen LogP contribution >= 0.6 is 0 Å². The molecule has 5 nitrogen and oxygen atoms in total. The standard InChI is InChI=1S/C19H39NO4/c1-18(2,3)8-7-10-23-12-13-24-11-9-20-17(22)16(15-21)14-19(4,5)6/h16,21H,7-15H2,1-6H3,(H,20,22)/t16-/m0/s1. The van der Waals surface area contributed by atoms with Gasteiger partial charge in [0.05, 0.1) is 32.3 Å². The van der Waals surface area contributed by atoms with E-state index in [0.717, 1.165) is 19.4 Å². The number of nitrogens with one attached hydrogen (secondary N) is 1. The molecule has 24 heavy (non-hydrogen) atoms. The molecule has 0 aromatic carbocycles. The fourth-order valence-electron chi connectivity index (χ4n) is 2.40. The first-order chi connectivity index (χ1) is 11.0. The molecular formula is C19H39NO4. The lowest BCUT2D eigenvalue weighted by atomic mass is 9.84. The van der Waals surface area contributed by atoms with Crippen LogP contribution in [-0.4, -0.2) is 50.6 Å². The van der Waals surface area contributed by atoms with Gasteiger partial charge < -0.3 is 19.9 Å². The number of amides is 1. The number of carbonyl (C=O) groups excluding carboxylic acids is 1. The van der Waals surface area contributed by atoms with Crippen LogP contribution in [0.15, 0.2) is 0 Å². The van der Waals surface area contributed by atoms with Gasteiger partial charge in [-0.25, -0.2) is 0 Å². The summed E-state index contributed by atoms with van der Waals surface area (Å²) < 4.78 is 11.0. The predicted octanol–water partition coefficient (Wildman–Crippen LogP) is 3.01. The van der Waals surface area contributed by atoms with Crippen LogP contribution in [0, 0.1) is 16.7 Å². The van der Waals surface area contributed by atoms with Gasteiger partial charge in [-0.3, -0.25) is 4.79 Å². The number of rotatable bonds is 12. The molecule has 0 aliphatic heterocycles. The van der Waals surface area contributed by atoms with Crippen molar-refractivity contribution in [2.45, 2.75) is 60.8 Å². The Morgan fingerprint density at radius 2 is 1.54 bits per heavy atom. The van der Waals surface area contributed by atoms with E-state index in [9.17, 15) is 9.90 Å². The third kappa shape index (κ3) is 14.9. The van der Waals surface area contributed by atoms with Gasteiger partial charge in [-0.15, -0.1) is 0 Å². The second-order valence-electron chi connectivity index (χ2n) is 8.82. The molecule has 144 valence electrons. The van der Waals surface area contributed by atoms with Crippen molar-refractivity contribution in [1.29, 1.82) is 0 Å². The summed E-state index contributed by atoms with van der Waals surface area (Å²) in [4.78, 5) is 12.0. The lowest BCUT2D eigenvalue weighted by molar-refractivity contribution is -0.127. The topological polar surface area (TPSA) is 67.8 Å². The highest BCUT2D eigenvalue weighted by Crippen LogP contribution is 2.24. The van der Waals surface area contributed by atoms with Crippen molar-refractivity contribution in [3.63, 3.8) is 0 Å². The molecule has 0 aliphatic rings. The Bertz CT molecular complexity index is 331. The molecule has 1 atom stereocenters. The quantitative estimate of drug-likeness (QED) is 0.534. The molecule has 0 fully saturated rings. The number of hydrogen-bond acceptors (Lipinski definition) is 4. The summed E-state index contributed by atoms with van der Waals surface area (Å²) in [6.07, 6.45) is 2.88. The van der Waals surface area contributed by atoms with Gasteiger partial charge in [0.1, 0.15) is 0 Å². The van der Waals surface area contributed by atoms with E-state index in [1.165, 1.54) is 0 Å². The molecule has 5 heteroatoms. The number of carbonyl (C=O) groups is 1. The van der Waals surface area contributed by atoms with Crippen molar-refractivity contribution < 1.29 is 19.4 Å². The normalized spacial score (nSPS) is 13.8. The highest BCUT2D eigenvalue weighted by molar-refractivity contribution is 5.78. The van der Waals surface area contributed by atoms with Crippen molar-refractivity contribution >= 4 is 5.91 Å². The van der Waals surface area contributed by atoms with Crippen molar-refractivity contribution in [2.75, 3.05) is 39.6 Å². The van der Waals surface area contributed by atoms with Gasteiger partial charge in [-0.05, 0) is 30.1 Å². The Hall–Kier alpha value is -0.650. The Morgan fingerprint density at radius 1 is 0.958 bits per heavy atom. The second kappa shape index (κ2) is 11.8. The van der Waals surface area contributed by atoms with Crippen LogP contribution in [0.1, 0.15) is 60.8 Å². The minimum Gasteiger partial charge on any atom is -0.396 e. The molecule has 0 aromatic heterocycles. The van der Waals surface area contributed by atoms with Crippen LogP contribution in [0.3, 0.4) is 0 Å². The van der Waals surface area contributed by atoms with E-state index >= 15 is 0 Å². The first-order valence-electron chi connectivity index (χ1n) is 9.09. The van der Waals surface area contributed by atoms with Gasteiger partial charge in [-0.2, -0.15) is 0 Å². The molecule has 0 aliphatic carbocycles. The van der Waals surface area contributed by atoms with Gasteiger partial charge in [0.25, 0.3) is 0 Å². The zero-order chi connectivity index (χ0) is 18.6. The molecule has 0 saturated heterocycles. The number of ether oxygens (including phenoxy) is 2. The minimum atomic E-state index is -0.351. The third-order valence-electron chi connectivity index (χ3n) is 3.58. The van der Waals surface area contributed by atoms with E-state index in [-0.39, 0.29) is 23.8 Å². The van der Waals surface area contributed by atoms with Crippen molar-refractivity contribution in [2.24, 2.45) is 16.7 Å². The van der Waals surface area contributed by atoms with Crippen molar-refractivity contribution in [3.05, 3.63) is 0 Å².